The third-order valence-corrected chi connectivity index (χ3v) is 7.40. The summed E-state index contributed by atoms with van der Waals surface area (Å²) in [5, 5.41) is 3.15. The quantitative estimate of drug-likeness (QED) is 0.621. The molecule has 0 aliphatic carbocycles. The molecule has 1 atom stereocenters. The molecular formula is C26H33ClF3N5O2. The summed E-state index contributed by atoms with van der Waals surface area (Å²) < 4.78 is 44.5. The van der Waals surface area contributed by atoms with Crippen LogP contribution < -0.4 is 5.32 Å². The standard InChI is InChI=1S/C26H33ClF3N5O2/c1-15-11-18(28)16(12-17(15)27)22-31-20(19-13-33(5)8-6-9-35(19)22)23(36)32-21(25(2,3)4)24(37)34-10-7-26(29,30)14-34/h11-12,21H,6-10,13-14H2,1-5H3,(H,32,36)/t21-/m1/s1. The van der Waals surface area contributed by atoms with Crippen LogP contribution in [0.2, 0.25) is 5.02 Å². The second kappa shape index (κ2) is 9.94. The normalized spacial score (nSPS) is 18.9. The first kappa shape index (κ1) is 27.4. The molecule has 7 nitrogen and oxygen atoms in total. The van der Waals surface area contributed by atoms with E-state index in [4.69, 9.17) is 11.6 Å². The lowest BCUT2D eigenvalue weighted by Crippen LogP contribution is -2.54. The summed E-state index contributed by atoms with van der Waals surface area (Å²) >= 11 is 6.29. The molecule has 1 N–H and O–H groups in total. The first-order valence-electron chi connectivity index (χ1n) is 12.4. The van der Waals surface area contributed by atoms with Gasteiger partial charge in [0.15, 0.2) is 5.69 Å². The highest BCUT2D eigenvalue weighted by molar-refractivity contribution is 6.31. The highest BCUT2D eigenvalue weighted by atomic mass is 35.5. The Bertz CT molecular complexity index is 1220. The van der Waals surface area contributed by atoms with Crippen LogP contribution in [0, 0.1) is 18.2 Å². The molecule has 0 radical (unpaired) electrons. The van der Waals surface area contributed by atoms with Crippen molar-refractivity contribution in [2.45, 2.75) is 65.6 Å². The van der Waals surface area contributed by atoms with Gasteiger partial charge < -0.3 is 19.7 Å². The number of aromatic nitrogens is 2. The van der Waals surface area contributed by atoms with Crippen molar-refractivity contribution in [2.75, 3.05) is 26.7 Å². The van der Waals surface area contributed by atoms with E-state index in [0.29, 0.717) is 29.4 Å². The lowest BCUT2D eigenvalue weighted by Gasteiger charge is -2.33. The van der Waals surface area contributed by atoms with Gasteiger partial charge in [0.05, 0.1) is 17.8 Å². The number of imidazole rings is 1. The maximum absolute atomic E-state index is 15.0. The number of halogens is 4. The molecule has 0 bridgehead atoms. The largest absolute Gasteiger partial charge is 0.338 e. The van der Waals surface area contributed by atoms with Gasteiger partial charge in [-0.25, -0.2) is 18.2 Å². The van der Waals surface area contributed by atoms with Crippen LogP contribution in [0.5, 0.6) is 0 Å². The summed E-state index contributed by atoms with van der Waals surface area (Å²) in [5.74, 6) is -4.33. The van der Waals surface area contributed by atoms with E-state index in [1.54, 1.807) is 27.7 Å². The van der Waals surface area contributed by atoms with E-state index in [2.05, 4.69) is 10.3 Å². The first-order chi connectivity index (χ1) is 17.2. The molecule has 1 saturated heterocycles. The van der Waals surface area contributed by atoms with E-state index in [-0.39, 0.29) is 23.6 Å². The third-order valence-electron chi connectivity index (χ3n) is 6.99. The van der Waals surface area contributed by atoms with Gasteiger partial charge in [-0.05, 0) is 50.0 Å². The monoisotopic (exact) mass is 539 g/mol. The van der Waals surface area contributed by atoms with Crippen LogP contribution in [-0.4, -0.2) is 69.8 Å². The number of carbonyl (C=O) groups excluding carboxylic acids is 2. The molecule has 202 valence electrons. The number of carbonyl (C=O) groups is 2. The fourth-order valence-corrected chi connectivity index (χ4v) is 5.04. The molecule has 1 fully saturated rings. The van der Waals surface area contributed by atoms with E-state index in [1.807, 2.05) is 16.5 Å². The summed E-state index contributed by atoms with van der Waals surface area (Å²) in [7, 11) is 1.92. The van der Waals surface area contributed by atoms with Gasteiger partial charge in [0.1, 0.15) is 17.7 Å². The van der Waals surface area contributed by atoms with Crippen LogP contribution in [0.15, 0.2) is 12.1 Å². The molecule has 37 heavy (non-hydrogen) atoms. The Hall–Kier alpha value is -2.59. The number of nitrogens with zero attached hydrogens (tertiary/aromatic N) is 4. The molecule has 0 unspecified atom stereocenters. The van der Waals surface area contributed by atoms with Crippen LogP contribution in [0.3, 0.4) is 0 Å². The zero-order chi connectivity index (χ0) is 27.3. The number of nitrogens with one attached hydrogen (secondary N) is 1. The molecule has 0 saturated carbocycles. The lowest BCUT2D eigenvalue weighted by molar-refractivity contribution is -0.136. The van der Waals surface area contributed by atoms with Gasteiger partial charge in [-0.1, -0.05) is 32.4 Å². The molecule has 2 aliphatic rings. The van der Waals surface area contributed by atoms with Crippen molar-refractivity contribution < 1.29 is 22.8 Å². The van der Waals surface area contributed by atoms with Crippen LogP contribution in [0.1, 0.15) is 55.4 Å². The van der Waals surface area contributed by atoms with E-state index in [0.717, 1.165) is 17.9 Å². The summed E-state index contributed by atoms with van der Waals surface area (Å²) in [6, 6.07) is 1.79. The van der Waals surface area contributed by atoms with E-state index in [9.17, 15) is 18.4 Å². The number of hydrogen-bond donors (Lipinski definition) is 1. The molecule has 2 aliphatic heterocycles. The Labute approximate surface area is 220 Å². The van der Waals surface area contributed by atoms with Crippen LogP contribution in [0.25, 0.3) is 11.4 Å². The predicted molar refractivity (Wildman–Crippen MR) is 135 cm³/mol. The highest BCUT2D eigenvalue weighted by Gasteiger charge is 2.45. The molecule has 2 aromatic rings. The number of rotatable bonds is 4. The zero-order valence-corrected chi connectivity index (χ0v) is 22.6. The molecule has 3 heterocycles. The number of amides is 2. The van der Waals surface area contributed by atoms with Crippen LogP contribution in [-0.2, 0) is 17.9 Å². The predicted octanol–water partition coefficient (Wildman–Crippen LogP) is 4.50. The van der Waals surface area contributed by atoms with Crippen LogP contribution >= 0.6 is 11.6 Å². The SMILES string of the molecule is Cc1cc(F)c(-c2nc(C(=O)N[C@H](C(=O)N3CCC(F)(F)C3)C(C)(C)C)c3n2CCCN(C)C3)cc1Cl. The first-order valence-corrected chi connectivity index (χ1v) is 12.8. The molecule has 1 aromatic carbocycles. The fourth-order valence-electron chi connectivity index (χ4n) is 4.88. The van der Waals surface area contributed by atoms with Crippen molar-refractivity contribution in [1.29, 1.82) is 0 Å². The maximum atomic E-state index is 15.0. The summed E-state index contributed by atoms with van der Waals surface area (Å²) in [6.45, 7) is 7.93. The average Bonchev–Trinajstić information content (AvgIpc) is 3.26. The van der Waals surface area contributed by atoms with Gasteiger partial charge in [-0.15, -0.1) is 0 Å². The Kier molecular flexibility index (Phi) is 7.38. The van der Waals surface area contributed by atoms with E-state index in [1.165, 1.54) is 12.1 Å². The van der Waals surface area contributed by atoms with Crippen molar-refractivity contribution in [3.63, 3.8) is 0 Å². The summed E-state index contributed by atoms with van der Waals surface area (Å²) in [4.78, 5) is 34.6. The molecule has 4 rings (SSSR count). The number of benzene rings is 1. The second-order valence-electron chi connectivity index (χ2n) is 11.2. The minimum Gasteiger partial charge on any atom is -0.338 e. The Morgan fingerprint density at radius 2 is 1.89 bits per heavy atom. The van der Waals surface area contributed by atoms with Gasteiger partial charge in [0.25, 0.3) is 11.8 Å². The molecule has 1 aromatic heterocycles. The molecule has 0 spiro atoms. The zero-order valence-electron chi connectivity index (χ0n) is 21.8. The van der Waals surface area contributed by atoms with Crippen molar-refractivity contribution in [3.05, 3.63) is 39.9 Å². The van der Waals surface area contributed by atoms with Gasteiger partial charge in [-0.3, -0.25) is 9.59 Å². The number of likely N-dealkylation sites (tertiary alicyclic amines) is 1. The summed E-state index contributed by atoms with van der Waals surface area (Å²) in [5.41, 5.74) is 0.688. The topological polar surface area (TPSA) is 70.5 Å². The lowest BCUT2D eigenvalue weighted by atomic mass is 9.85. The number of aryl methyl sites for hydroxylation is 1. The van der Waals surface area contributed by atoms with Gasteiger partial charge in [0, 0.05) is 31.1 Å². The van der Waals surface area contributed by atoms with Crippen LogP contribution in [0.4, 0.5) is 13.2 Å². The number of hydrogen-bond acceptors (Lipinski definition) is 4. The number of fused-ring (bicyclic) bond motifs is 1. The van der Waals surface area contributed by atoms with E-state index >= 15 is 4.39 Å². The highest BCUT2D eigenvalue weighted by Crippen LogP contribution is 2.33. The summed E-state index contributed by atoms with van der Waals surface area (Å²) in [6.07, 6.45) is 0.361. The minimum atomic E-state index is -2.94. The average molecular weight is 540 g/mol. The van der Waals surface area contributed by atoms with Crippen molar-refractivity contribution >= 4 is 23.4 Å². The van der Waals surface area contributed by atoms with Crippen molar-refractivity contribution in [1.82, 2.24) is 24.7 Å². The fraction of sp³-hybridized carbons (Fsp3) is 0.577. The van der Waals surface area contributed by atoms with E-state index < -0.39 is 48.0 Å². The van der Waals surface area contributed by atoms with Gasteiger partial charge in [0.2, 0.25) is 5.91 Å². The molecule has 2 amide bonds. The van der Waals surface area contributed by atoms with Gasteiger partial charge in [-0.2, -0.15) is 0 Å². The second-order valence-corrected chi connectivity index (χ2v) is 11.6. The molecular weight excluding hydrogens is 507 g/mol. The Balaban J connectivity index is 1.73. The van der Waals surface area contributed by atoms with Crippen molar-refractivity contribution in [2.24, 2.45) is 5.41 Å². The number of alkyl halides is 2. The third kappa shape index (κ3) is 5.65. The maximum Gasteiger partial charge on any atom is 0.272 e. The van der Waals surface area contributed by atoms with Crippen molar-refractivity contribution in [3.8, 4) is 11.4 Å². The molecule has 11 heteroatoms. The minimum absolute atomic E-state index is 0.0729. The Morgan fingerprint density at radius 1 is 1.19 bits per heavy atom. The Morgan fingerprint density at radius 3 is 2.51 bits per heavy atom. The smallest absolute Gasteiger partial charge is 0.272 e. The van der Waals surface area contributed by atoms with Gasteiger partial charge >= 0.3 is 0 Å².